The Hall–Kier alpha value is -4.53. The number of piperidine rings is 1. The molecule has 38 heavy (non-hydrogen) atoms. The molecule has 1 amide bonds. The van der Waals surface area contributed by atoms with E-state index in [9.17, 15) is 14.9 Å². The molecule has 0 unspecified atom stereocenters. The van der Waals surface area contributed by atoms with Gasteiger partial charge in [-0.2, -0.15) is 0 Å². The average molecular weight is 518 g/mol. The largest absolute Gasteiger partial charge is 0.497 e. The Morgan fingerprint density at radius 1 is 0.974 bits per heavy atom. The van der Waals surface area contributed by atoms with Crippen LogP contribution in [0.25, 0.3) is 6.08 Å². The van der Waals surface area contributed by atoms with E-state index < -0.39 is 5.91 Å². The number of rotatable bonds is 9. The summed E-state index contributed by atoms with van der Waals surface area (Å²) in [5.74, 6) is 1.87. The highest BCUT2D eigenvalue weighted by molar-refractivity contribution is 6.03. The summed E-state index contributed by atoms with van der Waals surface area (Å²) in [7, 11) is 4.72. The first-order valence-corrected chi connectivity index (χ1v) is 12.3. The minimum Gasteiger partial charge on any atom is -0.497 e. The number of ether oxygens (including phenoxy) is 3. The summed E-state index contributed by atoms with van der Waals surface area (Å²) < 4.78 is 16.0. The van der Waals surface area contributed by atoms with Crippen molar-refractivity contribution < 1.29 is 23.9 Å². The first kappa shape index (κ1) is 26.5. The second kappa shape index (κ2) is 12.1. The Bertz CT molecular complexity index is 1330. The highest BCUT2D eigenvalue weighted by Gasteiger charge is 2.27. The summed E-state index contributed by atoms with van der Waals surface area (Å²) in [6, 6.07) is 18.1. The number of methoxy groups -OCH3 is 3. The molecule has 1 saturated heterocycles. The number of hydrogen-bond acceptors (Lipinski definition) is 7. The second-order valence-corrected chi connectivity index (χ2v) is 8.90. The lowest BCUT2D eigenvalue weighted by Gasteiger charge is -2.34. The first-order valence-electron chi connectivity index (χ1n) is 12.3. The van der Waals surface area contributed by atoms with Crippen molar-refractivity contribution >= 4 is 29.0 Å². The summed E-state index contributed by atoms with van der Waals surface area (Å²) in [5.41, 5.74) is 2.78. The van der Waals surface area contributed by atoms with E-state index in [0.29, 0.717) is 47.4 Å². The molecule has 0 atom stereocenters. The van der Waals surface area contributed by atoms with Crippen molar-refractivity contribution in [2.45, 2.75) is 18.8 Å². The molecule has 0 bridgehead atoms. The monoisotopic (exact) mass is 517 g/mol. The molecule has 1 heterocycles. The Labute approximate surface area is 221 Å². The molecule has 4 rings (SSSR count). The Balaban J connectivity index is 1.45. The summed E-state index contributed by atoms with van der Waals surface area (Å²) in [4.78, 5) is 26.1. The summed E-state index contributed by atoms with van der Waals surface area (Å²) in [6.07, 6.45) is 4.61. The van der Waals surface area contributed by atoms with Gasteiger partial charge in [0.05, 0.1) is 31.9 Å². The van der Waals surface area contributed by atoms with Gasteiger partial charge in [0, 0.05) is 31.3 Å². The van der Waals surface area contributed by atoms with Gasteiger partial charge in [-0.05, 0) is 60.2 Å². The minimum atomic E-state index is -0.401. The molecule has 1 fully saturated rings. The molecule has 198 valence electrons. The van der Waals surface area contributed by atoms with Gasteiger partial charge >= 0.3 is 0 Å². The van der Waals surface area contributed by atoms with Crippen LogP contribution in [0.3, 0.4) is 0 Å². The molecule has 1 N–H and O–H groups in total. The molecule has 9 nitrogen and oxygen atoms in total. The Morgan fingerprint density at radius 3 is 2.39 bits per heavy atom. The van der Waals surface area contributed by atoms with Crippen LogP contribution in [0.5, 0.6) is 17.2 Å². The van der Waals surface area contributed by atoms with Crippen molar-refractivity contribution in [1.29, 1.82) is 0 Å². The van der Waals surface area contributed by atoms with Gasteiger partial charge in [-0.15, -0.1) is 0 Å². The number of amides is 1. The smallest absolute Gasteiger partial charge is 0.293 e. The standard InChI is InChI=1S/C29H31N3O6/c1-36-22-10-12-28(38-3)24(19-22)30-29(33)13-9-20-8-11-25(26(18-20)32(34)35)31-16-14-21(15-17-31)23-6-4-5-7-27(23)37-2/h4-13,18-19,21H,14-17H2,1-3H3,(H,30,33). The third kappa shape index (κ3) is 6.05. The number of nitrogens with zero attached hydrogens (tertiary/aromatic N) is 2. The van der Waals surface area contributed by atoms with E-state index in [-0.39, 0.29) is 10.6 Å². The first-order chi connectivity index (χ1) is 18.4. The van der Waals surface area contributed by atoms with Crippen molar-refractivity contribution in [2.24, 2.45) is 0 Å². The normalized spacial score (nSPS) is 13.8. The highest BCUT2D eigenvalue weighted by atomic mass is 16.6. The van der Waals surface area contributed by atoms with Gasteiger partial charge < -0.3 is 24.4 Å². The molecular formula is C29H31N3O6. The van der Waals surface area contributed by atoms with Crippen LogP contribution < -0.4 is 24.4 Å². The lowest BCUT2D eigenvalue weighted by Crippen LogP contribution is -2.33. The third-order valence-electron chi connectivity index (χ3n) is 6.70. The van der Waals surface area contributed by atoms with E-state index in [0.717, 1.165) is 18.6 Å². The lowest BCUT2D eigenvalue weighted by atomic mass is 9.88. The number of para-hydroxylation sites is 1. The Morgan fingerprint density at radius 2 is 1.71 bits per heavy atom. The maximum atomic E-state index is 12.5. The fourth-order valence-electron chi connectivity index (χ4n) is 4.75. The predicted molar refractivity (Wildman–Crippen MR) is 147 cm³/mol. The van der Waals surface area contributed by atoms with Crippen LogP contribution in [0.1, 0.15) is 29.9 Å². The maximum Gasteiger partial charge on any atom is 0.293 e. The molecule has 0 aromatic heterocycles. The second-order valence-electron chi connectivity index (χ2n) is 8.90. The third-order valence-corrected chi connectivity index (χ3v) is 6.70. The fraction of sp³-hybridized carbons (Fsp3) is 0.276. The highest BCUT2D eigenvalue weighted by Crippen LogP contribution is 2.38. The number of nitro benzene ring substituents is 1. The van der Waals surface area contributed by atoms with Crippen molar-refractivity contribution in [3.63, 3.8) is 0 Å². The molecule has 9 heteroatoms. The molecule has 3 aromatic carbocycles. The number of nitro groups is 1. The lowest BCUT2D eigenvalue weighted by molar-refractivity contribution is -0.384. The molecular weight excluding hydrogens is 486 g/mol. The molecule has 0 aliphatic carbocycles. The zero-order valence-corrected chi connectivity index (χ0v) is 21.7. The summed E-state index contributed by atoms with van der Waals surface area (Å²) >= 11 is 0. The summed E-state index contributed by atoms with van der Waals surface area (Å²) in [5, 5.41) is 14.7. The van der Waals surface area contributed by atoms with Crippen LogP contribution in [0, 0.1) is 10.1 Å². The molecule has 0 spiro atoms. The van der Waals surface area contributed by atoms with Crippen molar-refractivity contribution in [3.05, 3.63) is 88.0 Å². The SMILES string of the molecule is COc1ccc(OC)c(NC(=O)C=Cc2ccc(N3CCC(c4ccccc4OC)CC3)c([N+](=O)[O-])c2)c1. The van der Waals surface area contributed by atoms with Gasteiger partial charge in [0.1, 0.15) is 22.9 Å². The van der Waals surface area contributed by atoms with Crippen LogP contribution in [0.15, 0.2) is 66.7 Å². The van der Waals surface area contributed by atoms with Crippen LogP contribution >= 0.6 is 0 Å². The van der Waals surface area contributed by atoms with Crippen LogP contribution in [0.2, 0.25) is 0 Å². The molecule has 0 radical (unpaired) electrons. The predicted octanol–water partition coefficient (Wildman–Crippen LogP) is 5.66. The zero-order chi connectivity index (χ0) is 27.1. The van der Waals surface area contributed by atoms with Crippen LogP contribution in [-0.2, 0) is 4.79 Å². The molecule has 3 aromatic rings. The quantitative estimate of drug-likeness (QED) is 0.222. The number of carbonyl (C=O) groups excluding carboxylic acids is 1. The zero-order valence-electron chi connectivity index (χ0n) is 21.7. The van der Waals surface area contributed by atoms with Crippen molar-refractivity contribution in [1.82, 2.24) is 0 Å². The molecule has 1 aliphatic rings. The molecule has 1 aliphatic heterocycles. The van der Waals surface area contributed by atoms with Crippen molar-refractivity contribution in [3.8, 4) is 17.2 Å². The van der Waals surface area contributed by atoms with E-state index >= 15 is 0 Å². The van der Waals surface area contributed by atoms with E-state index in [1.54, 1.807) is 43.5 Å². The maximum absolute atomic E-state index is 12.5. The summed E-state index contributed by atoms with van der Waals surface area (Å²) in [6.45, 7) is 1.40. The van der Waals surface area contributed by atoms with Gasteiger partial charge in [-0.1, -0.05) is 24.3 Å². The molecule has 0 saturated carbocycles. The number of hydrogen-bond donors (Lipinski definition) is 1. The number of nitrogens with one attached hydrogen (secondary N) is 1. The van der Waals surface area contributed by atoms with Gasteiger partial charge in [0.2, 0.25) is 5.91 Å². The average Bonchev–Trinajstić information content (AvgIpc) is 2.96. The van der Waals surface area contributed by atoms with E-state index in [1.807, 2.05) is 18.2 Å². The van der Waals surface area contributed by atoms with Gasteiger partial charge in [-0.25, -0.2) is 0 Å². The van der Waals surface area contributed by atoms with Crippen molar-refractivity contribution in [2.75, 3.05) is 44.6 Å². The fourth-order valence-corrected chi connectivity index (χ4v) is 4.75. The van der Waals surface area contributed by atoms with E-state index in [1.165, 1.54) is 31.9 Å². The minimum absolute atomic E-state index is 0.0118. The number of benzene rings is 3. The van der Waals surface area contributed by atoms with Gasteiger partial charge in [0.25, 0.3) is 5.69 Å². The number of anilines is 2. The van der Waals surface area contributed by atoms with Gasteiger partial charge in [-0.3, -0.25) is 14.9 Å². The van der Waals surface area contributed by atoms with E-state index in [4.69, 9.17) is 14.2 Å². The Kier molecular flexibility index (Phi) is 8.47. The number of carbonyl (C=O) groups is 1. The van der Waals surface area contributed by atoms with E-state index in [2.05, 4.69) is 16.3 Å². The van der Waals surface area contributed by atoms with Gasteiger partial charge in [0.15, 0.2) is 0 Å². The van der Waals surface area contributed by atoms with Crippen LogP contribution in [0.4, 0.5) is 17.1 Å². The van der Waals surface area contributed by atoms with Crippen LogP contribution in [-0.4, -0.2) is 45.2 Å². The topological polar surface area (TPSA) is 103 Å².